The van der Waals surface area contributed by atoms with Gasteiger partial charge in [-0.05, 0) is 0 Å². The number of methoxy groups -OCH3 is 1. The van der Waals surface area contributed by atoms with Crippen molar-refractivity contribution in [2.24, 2.45) is 0 Å². The molecule has 0 aliphatic rings. The van der Waals surface area contributed by atoms with Gasteiger partial charge in [-0.15, -0.1) is 0 Å². The van der Waals surface area contributed by atoms with Crippen molar-refractivity contribution in [2.75, 3.05) is 13.7 Å². The van der Waals surface area contributed by atoms with Crippen LogP contribution in [0.3, 0.4) is 0 Å². The lowest BCUT2D eigenvalue weighted by atomic mass is 10.2. The van der Waals surface area contributed by atoms with Gasteiger partial charge in [0.25, 0.3) is 0 Å². The molecule has 0 fully saturated rings. The van der Waals surface area contributed by atoms with Crippen LogP contribution in [-0.2, 0) is 9.53 Å². The number of halogens is 5. The summed E-state index contributed by atoms with van der Waals surface area (Å²) in [4.78, 5) is 10.6. The lowest BCUT2D eigenvalue weighted by molar-refractivity contribution is -0.143. The van der Waals surface area contributed by atoms with E-state index in [1.54, 1.807) is 0 Å². The van der Waals surface area contributed by atoms with E-state index in [9.17, 15) is 26.7 Å². The van der Waals surface area contributed by atoms with E-state index in [1.165, 1.54) is 0 Å². The number of carbonyl (C=O) groups is 1. The first-order chi connectivity index (χ1) is 7.90. The highest BCUT2D eigenvalue weighted by Gasteiger charge is 2.27. The number of carbonyl (C=O) groups excluding carboxylic acids is 1. The molecule has 1 aromatic rings. The van der Waals surface area contributed by atoms with Crippen LogP contribution in [0.5, 0.6) is 5.75 Å². The van der Waals surface area contributed by atoms with E-state index >= 15 is 0 Å². The summed E-state index contributed by atoms with van der Waals surface area (Å²) < 4.78 is 72.0. The highest BCUT2D eigenvalue weighted by atomic mass is 19.2. The van der Waals surface area contributed by atoms with Crippen molar-refractivity contribution in [1.82, 2.24) is 0 Å². The van der Waals surface area contributed by atoms with Gasteiger partial charge in [-0.1, -0.05) is 0 Å². The fraction of sp³-hybridized carbons (Fsp3) is 0.222. The molecule has 0 bridgehead atoms. The first-order valence-corrected chi connectivity index (χ1v) is 4.11. The molecule has 0 aliphatic carbocycles. The molecular weight excluding hydrogens is 251 g/mol. The van der Waals surface area contributed by atoms with Crippen LogP contribution in [-0.4, -0.2) is 19.7 Å². The highest BCUT2D eigenvalue weighted by molar-refractivity contribution is 5.70. The fourth-order valence-corrected chi connectivity index (χ4v) is 0.902. The Balaban J connectivity index is 3.12. The SMILES string of the molecule is COC(=O)COc1c(F)c(F)c(F)c(F)c1F. The molecule has 0 unspecified atom stereocenters. The molecule has 0 N–H and O–H groups in total. The van der Waals surface area contributed by atoms with E-state index in [2.05, 4.69) is 9.47 Å². The van der Waals surface area contributed by atoms with Crippen LogP contribution in [0.4, 0.5) is 22.0 Å². The number of ether oxygens (including phenoxy) is 2. The van der Waals surface area contributed by atoms with Crippen LogP contribution in [0.25, 0.3) is 0 Å². The Morgan fingerprint density at radius 1 is 0.941 bits per heavy atom. The molecule has 94 valence electrons. The van der Waals surface area contributed by atoms with Crippen molar-refractivity contribution < 1.29 is 36.2 Å². The van der Waals surface area contributed by atoms with Crippen molar-refractivity contribution in [3.05, 3.63) is 29.1 Å². The summed E-state index contributed by atoms with van der Waals surface area (Å²) in [6, 6.07) is 0. The maximum absolute atomic E-state index is 13.0. The Bertz CT molecular complexity index is 431. The molecule has 0 saturated carbocycles. The zero-order valence-electron chi connectivity index (χ0n) is 8.32. The molecule has 0 aliphatic heterocycles. The molecule has 0 spiro atoms. The number of rotatable bonds is 3. The van der Waals surface area contributed by atoms with E-state index < -0.39 is 47.4 Å². The first-order valence-electron chi connectivity index (χ1n) is 4.11. The normalized spacial score (nSPS) is 10.2. The molecule has 0 radical (unpaired) electrons. The number of esters is 1. The van der Waals surface area contributed by atoms with Crippen molar-refractivity contribution in [3.63, 3.8) is 0 Å². The maximum atomic E-state index is 13.0. The summed E-state index contributed by atoms with van der Waals surface area (Å²) >= 11 is 0. The molecule has 8 heteroatoms. The van der Waals surface area contributed by atoms with Crippen molar-refractivity contribution in [2.45, 2.75) is 0 Å². The molecule has 0 atom stereocenters. The minimum atomic E-state index is -2.30. The van der Waals surface area contributed by atoms with Gasteiger partial charge in [0, 0.05) is 0 Å². The Labute approximate surface area is 91.7 Å². The van der Waals surface area contributed by atoms with Gasteiger partial charge < -0.3 is 9.47 Å². The maximum Gasteiger partial charge on any atom is 0.343 e. The van der Waals surface area contributed by atoms with Gasteiger partial charge in [-0.3, -0.25) is 0 Å². The summed E-state index contributed by atoms with van der Waals surface area (Å²) in [5.74, 6) is -13.4. The van der Waals surface area contributed by atoms with Crippen LogP contribution < -0.4 is 4.74 Å². The zero-order valence-corrected chi connectivity index (χ0v) is 8.32. The molecule has 17 heavy (non-hydrogen) atoms. The molecule has 1 rings (SSSR count). The molecule has 1 aromatic carbocycles. The van der Waals surface area contributed by atoms with E-state index in [0.717, 1.165) is 7.11 Å². The molecule has 0 amide bonds. The van der Waals surface area contributed by atoms with Gasteiger partial charge in [0.1, 0.15) is 0 Å². The summed E-state index contributed by atoms with van der Waals surface area (Å²) in [7, 11) is 0.963. The summed E-state index contributed by atoms with van der Waals surface area (Å²) in [5.41, 5.74) is 0. The van der Waals surface area contributed by atoms with Gasteiger partial charge in [0.05, 0.1) is 7.11 Å². The van der Waals surface area contributed by atoms with Crippen LogP contribution in [0.15, 0.2) is 0 Å². The second-order valence-corrected chi connectivity index (χ2v) is 2.76. The van der Waals surface area contributed by atoms with E-state index in [4.69, 9.17) is 0 Å². The smallest absolute Gasteiger partial charge is 0.343 e. The third-order valence-corrected chi connectivity index (χ3v) is 1.73. The van der Waals surface area contributed by atoms with Crippen LogP contribution in [0.1, 0.15) is 0 Å². The van der Waals surface area contributed by atoms with Gasteiger partial charge in [0.2, 0.25) is 29.1 Å². The van der Waals surface area contributed by atoms with Crippen LogP contribution in [0.2, 0.25) is 0 Å². The average molecular weight is 256 g/mol. The Hall–Kier alpha value is -1.86. The minimum Gasteiger partial charge on any atom is -0.476 e. The quantitative estimate of drug-likeness (QED) is 0.359. The number of benzene rings is 1. The molecular formula is C9H5F5O3. The lowest BCUT2D eigenvalue weighted by Gasteiger charge is -2.08. The lowest BCUT2D eigenvalue weighted by Crippen LogP contribution is -2.15. The Kier molecular flexibility index (Phi) is 3.87. The number of hydrogen-bond donors (Lipinski definition) is 0. The topological polar surface area (TPSA) is 35.5 Å². The van der Waals surface area contributed by atoms with E-state index in [1.807, 2.05) is 0 Å². The van der Waals surface area contributed by atoms with E-state index in [0.29, 0.717) is 0 Å². The molecule has 0 aromatic heterocycles. The fourth-order valence-electron chi connectivity index (χ4n) is 0.902. The Morgan fingerprint density at radius 3 is 1.76 bits per heavy atom. The predicted molar refractivity (Wildman–Crippen MR) is 43.7 cm³/mol. The molecule has 0 heterocycles. The van der Waals surface area contributed by atoms with Gasteiger partial charge in [-0.25, -0.2) is 18.0 Å². The third kappa shape index (κ3) is 2.45. The largest absolute Gasteiger partial charge is 0.476 e. The standard InChI is InChI=1S/C9H5F5O3/c1-16-3(15)2-17-9-7(13)5(11)4(10)6(12)8(9)14/h2H2,1H3. The second-order valence-electron chi connectivity index (χ2n) is 2.76. The summed E-state index contributed by atoms with van der Waals surface area (Å²) in [5, 5.41) is 0. The monoisotopic (exact) mass is 256 g/mol. The van der Waals surface area contributed by atoms with Gasteiger partial charge in [0.15, 0.2) is 12.4 Å². The zero-order chi connectivity index (χ0) is 13.2. The summed E-state index contributed by atoms with van der Waals surface area (Å²) in [6.07, 6.45) is 0. The third-order valence-electron chi connectivity index (χ3n) is 1.73. The van der Waals surface area contributed by atoms with Gasteiger partial charge in [-0.2, -0.15) is 8.78 Å². The van der Waals surface area contributed by atoms with Crippen LogP contribution >= 0.6 is 0 Å². The minimum absolute atomic E-state index is 0.963. The first kappa shape index (κ1) is 13.2. The number of hydrogen-bond acceptors (Lipinski definition) is 3. The highest BCUT2D eigenvalue weighted by Crippen LogP contribution is 2.28. The average Bonchev–Trinajstić information content (AvgIpc) is 2.33. The van der Waals surface area contributed by atoms with Gasteiger partial charge >= 0.3 is 5.97 Å². The van der Waals surface area contributed by atoms with E-state index in [-0.39, 0.29) is 0 Å². The second kappa shape index (κ2) is 4.98. The van der Waals surface area contributed by atoms with Crippen molar-refractivity contribution in [1.29, 1.82) is 0 Å². The predicted octanol–water partition coefficient (Wildman–Crippen LogP) is 1.93. The molecule has 3 nitrogen and oxygen atoms in total. The summed E-state index contributed by atoms with van der Waals surface area (Å²) in [6.45, 7) is -0.977. The molecule has 0 saturated heterocycles. The van der Waals surface area contributed by atoms with Crippen molar-refractivity contribution in [3.8, 4) is 5.75 Å². The van der Waals surface area contributed by atoms with Crippen LogP contribution in [0, 0.1) is 29.1 Å². The van der Waals surface area contributed by atoms with Crippen molar-refractivity contribution >= 4 is 5.97 Å². The Morgan fingerprint density at radius 2 is 1.35 bits per heavy atom.